The zero-order chi connectivity index (χ0) is 36.8. The van der Waals surface area contributed by atoms with Gasteiger partial charge in [-0.2, -0.15) is 0 Å². The Labute approximate surface area is 310 Å². The third-order valence-electron chi connectivity index (χ3n) is 10.2. The van der Waals surface area contributed by atoms with Crippen LogP contribution < -0.4 is 0 Å². The second-order valence-corrected chi connectivity index (χ2v) is 15.2. The molecule has 0 bridgehead atoms. The van der Waals surface area contributed by atoms with Crippen LogP contribution in [0.2, 0.25) is 0 Å². The maximum atomic E-state index is 12.6. The molecule has 0 aliphatic rings. The van der Waals surface area contributed by atoms with E-state index < -0.39 is 6.10 Å². The second kappa shape index (κ2) is 38.6. The lowest BCUT2D eigenvalue weighted by Crippen LogP contribution is -2.30. The molecule has 0 N–H and O–H groups in total. The molecule has 0 amide bonds. The molecule has 296 valence electrons. The highest BCUT2D eigenvalue weighted by Crippen LogP contribution is 2.16. The summed E-state index contributed by atoms with van der Waals surface area (Å²) in [5.74, 6) is -0.0129. The summed E-state index contributed by atoms with van der Waals surface area (Å²) in [6.07, 6.45) is 36.5. The first-order valence-electron chi connectivity index (χ1n) is 21.9. The molecule has 2 atom stereocenters. The van der Waals surface area contributed by atoms with E-state index in [1.165, 1.54) is 135 Å². The first-order valence-corrected chi connectivity index (χ1v) is 21.9. The molecule has 0 aliphatic heterocycles. The van der Waals surface area contributed by atoms with Crippen LogP contribution in [-0.2, 0) is 28.6 Å². The Morgan fingerprint density at radius 1 is 0.400 bits per heavy atom. The average molecular weight is 709 g/mol. The lowest BCUT2D eigenvalue weighted by atomic mass is 9.99. The monoisotopic (exact) mass is 709 g/mol. The Morgan fingerprint density at radius 3 is 1.04 bits per heavy atom. The Morgan fingerprint density at radius 2 is 0.700 bits per heavy atom. The van der Waals surface area contributed by atoms with Crippen molar-refractivity contribution >= 4 is 17.9 Å². The van der Waals surface area contributed by atoms with E-state index in [2.05, 4.69) is 27.7 Å². The molecule has 0 radical (unpaired) electrons. The van der Waals surface area contributed by atoms with E-state index in [9.17, 15) is 14.4 Å². The lowest BCUT2D eigenvalue weighted by molar-refractivity contribution is -0.167. The highest BCUT2D eigenvalue weighted by atomic mass is 16.6. The summed E-state index contributed by atoms with van der Waals surface area (Å²) in [5.41, 5.74) is 0. The Hall–Kier alpha value is -1.59. The molecular weight excluding hydrogens is 624 g/mol. The van der Waals surface area contributed by atoms with Gasteiger partial charge in [-0.15, -0.1) is 0 Å². The summed E-state index contributed by atoms with van der Waals surface area (Å²) in [4.78, 5) is 37.6. The summed E-state index contributed by atoms with van der Waals surface area (Å²) >= 11 is 0. The van der Waals surface area contributed by atoms with Crippen LogP contribution in [0.3, 0.4) is 0 Å². The van der Waals surface area contributed by atoms with Crippen molar-refractivity contribution in [1.29, 1.82) is 0 Å². The van der Waals surface area contributed by atoms with Crippen LogP contribution in [0.15, 0.2) is 0 Å². The summed E-state index contributed by atoms with van der Waals surface area (Å²) < 4.78 is 16.7. The quantitative estimate of drug-likeness (QED) is 0.0359. The van der Waals surface area contributed by atoms with Crippen LogP contribution in [-0.4, -0.2) is 37.2 Å². The third-order valence-corrected chi connectivity index (χ3v) is 10.2. The number of ether oxygens (including phenoxy) is 3. The largest absolute Gasteiger partial charge is 0.462 e. The number of hydrogen-bond acceptors (Lipinski definition) is 6. The van der Waals surface area contributed by atoms with E-state index in [0.717, 1.165) is 63.7 Å². The summed E-state index contributed by atoms with van der Waals surface area (Å²) in [6.45, 7) is 8.97. The fourth-order valence-electron chi connectivity index (χ4n) is 6.42. The molecule has 1 unspecified atom stereocenters. The maximum Gasteiger partial charge on any atom is 0.306 e. The minimum absolute atomic E-state index is 0.0645. The van der Waals surface area contributed by atoms with Crippen LogP contribution >= 0.6 is 0 Å². The minimum Gasteiger partial charge on any atom is -0.462 e. The van der Waals surface area contributed by atoms with Crippen molar-refractivity contribution in [2.45, 2.75) is 246 Å². The van der Waals surface area contributed by atoms with Gasteiger partial charge in [0, 0.05) is 19.3 Å². The fourth-order valence-corrected chi connectivity index (χ4v) is 6.42. The molecule has 0 rings (SSSR count). The molecule has 6 nitrogen and oxygen atoms in total. The summed E-state index contributed by atoms with van der Waals surface area (Å²) in [5, 5.41) is 0. The topological polar surface area (TPSA) is 78.9 Å². The predicted molar refractivity (Wildman–Crippen MR) is 210 cm³/mol. The molecule has 0 saturated heterocycles. The second-order valence-electron chi connectivity index (χ2n) is 15.2. The van der Waals surface area contributed by atoms with Gasteiger partial charge in [-0.05, 0) is 25.2 Å². The standard InChI is InChI=1S/C44H84O6/c1-5-8-10-12-14-16-17-19-23-27-31-35-42(45)48-38-41(50-44(47)37-33-29-25-18-15-13-11-9-6-2)39-49-43(46)36-32-28-24-21-20-22-26-30-34-40(4)7-3/h40-41H,5-39H2,1-4H3/t40?,41-/m1/s1. The van der Waals surface area contributed by atoms with Crippen LogP contribution in [0.4, 0.5) is 0 Å². The number of unbranched alkanes of at least 4 members (excludes halogenated alkanes) is 25. The van der Waals surface area contributed by atoms with Gasteiger partial charge >= 0.3 is 17.9 Å². The van der Waals surface area contributed by atoms with E-state index in [4.69, 9.17) is 14.2 Å². The van der Waals surface area contributed by atoms with Crippen molar-refractivity contribution < 1.29 is 28.6 Å². The van der Waals surface area contributed by atoms with Crippen LogP contribution in [0.1, 0.15) is 240 Å². The molecule has 6 heteroatoms. The third kappa shape index (κ3) is 36.2. The van der Waals surface area contributed by atoms with E-state index >= 15 is 0 Å². The first-order chi connectivity index (χ1) is 24.4. The number of carbonyl (C=O) groups is 3. The Balaban J connectivity index is 4.33. The van der Waals surface area contributed by atoms with Crippen molar-refractivity contribution in [3.05, 3.63) is 0 Å². The Kier molecular flexibility index (Phi) is 37.4. The van der Waals surface area contributed by atoms with E-state index in [-0.39, 0.29) is 31.1 Å². The van der Waals surface area contributed by atoms with Gasteiger partial charge in [0.1, 0.15) is 13.2 Å². The SMILES string of the molecule is CCCCCCCCCCCCCC(=O)OC[C@H](COC(=O)CCCCCCCCCCC(C)CC)OC(=O)CCCCCCCCCCC. The van der Waals surface area contributed by atoms with Crippen molar-refractivity contribution in [1.82, 2.24) is 0 Å². The van der Waals surface area contributed by atoms with Gasteiger partial charge in [0.2, 0.25) is 0 Å². The van der Waals surface area contributed by atoms with E-state index in [1.807, 2.05) is 0 Å². The molecule has 50 heavy (non-hydrogen) atoms. The van der Waals surface area contributed by atoms with Gasteiger partial charge in [-0.1, -0.05) is 201 Å². The average Bonchev–Trinajstić information content (AvgIpc) is 3.11. The van der Waals surface area contributed by atoms with Crippen molar-refractivity contribution in [2.75, 3.05) is 13.2 Å². The highest BCUT2D eigenvalue weighted by molar-refractivity contribution is 5.71. The molecule has 0 saturated carbocycles. The van der Waals surface area contributed by atoms with Gasteiger partial charge in [0.15, 0.2) is 6.10 Å². The van der Waals surface area contributed by atoms with Gasteiger partial charge in [0.05, 0.1) is 0 Å². The predicted octanol–water partition coefficient (Wildman–Crippen LogP) is 13.6. The lowest BCUT2D eigenvalue weighted by Gasteiger charge is -2.18. The number of hydrogen-bond donors (Lipinski definition) is 0. The molecule has 0 aliphatic carbocycles. The van der Waals surface area contributed by atoms with Gasteiger partial charge in [0.25, 0.3) is 0 Å². The van der Waals surface area contributed by atoms with E-state index in [1.54, 1.807) is 0 Å². The minimum atomic E-state index is -0.758. The van der Waals surface area contributed by atoms with Crippen LogP contribution in [0, 0.1) is 5.92 Å². The molecule has 0 spiro atoms. The molecule has 0 fully saturated rings. The normalized spacial score (nSPS) is 12.5. The van der Waals surface area contributed by atoms with Crippen LogP contribution in [0.25, 0.3) is 0 Å². The fraction of sp³-hybridized carbons (Fsp3) is 0.932. The first kappa shape index (κ1) is 48.4. The Bertz CT molecular complexity index is 753. The zero-order valence-corrected chi connectivity index (χ0v) is 33.9. The maximum absolute atomic E-state index is 12.6. The van der Waals surface area contributed by atoms with Crippen molar-refractivity contribution in [3.8, 4) is 0 Å². The van der Waals surface area contributed by atoms with Crippen molar-refractivity contribution in [3.63, 3.8) is 0 Å². The smallest absolute Gasteiger partial charge is 0.306 e. The summed E-state index contributed by atoms with van der Waals surface area (Å²) in [7, 11) is 0. The molecule has 0 aromatic heterocycles. The summed E-state index contributed by atoms with van der Waals surface area (Å²) in [6, 6.07) is 0. The number of esters is 3. The molecule has 0 heterocycles. The van der Waals surface area contributed by atoms with Gasteiger partial charge in [-0.3, -0.25) is 14.4 Å². The zero-order valence-electron chi connectivity index (χ0n) is 33.9. The number of carbonyl (C=O) groups excluding carboxylic acids is 3. The highest BCUT2D eigenvalue weighted by Gasteiger charge is 2.19. The van der Waals surface area contributed by atoms with Crippen LogP contribution in [0.5, 0.6) is 0 Å². The van der Waals surface area contributed by atoms with Gasteiger partial charge < -0.3 is 14.2 Å². The molecular formula is C44H84O6. The molecule has 0 aromatic carbocycles. The van der Waals surface area contributed by atoms with Crippen molar-refractivity contribution in [2.24, 2.45) is 5.92 Å². The number of rotatable bonds is 39. The van der Waals surface area contributed by atoms with E-state index in [0.29, 0.717) is 19.3 Å². The van der Waals surface area contributed by atoms with Gasteiger partial charge in [-0.25, -0.2) is 0 Å². The molecule has 0 aromatic rings.